The fourth-order valence-electron chi connectivity index (χ4n) is 5.76. The number of primary amides is 1. The Kier molecular flexibility index (Phi) is 12.4. The van der Waals surface area contributed by atoms with Gasteiger partial charge in [0.2, 0.25) is 11.8 Å². The zero-order valence-corrected chi connectivity index (χ0v) is 29.9. The Morgan fingerprint density at radius 3 is 2.38 bits per heavy atom. The molecule has 3 aliphatic heterocycles. The summed E-state index contributed by atoms with van der Waals surface area (Å²) in [6, 6.07) is -0.117. The van der Waals surface area contributed by atoms with Gasteiger partial charge in [-0.05, 0) is 63.7 Å². The Hall–Kier alpha value is -2.31. The maximum absolute atomic E-state index is 12.5. The molecule has 1 spiro atoms. The van der Waals surface area contributed by atoms with E-state index in [0.717, 1.165) is 18.4 Å². The lowest BCUT2D eigenvalue weighted by Crippen LogP contribution is -2.57. The molecule has 3 rings (SSSR count). The second-order valence-corrected chi connectivity index (χ2v) is 19.4. The molecular weight excluding hydrogens is 592 g/mol. The van der Waals surface area contributed by atoms with E-state index in [0.29, 0.717) is 13.0 Å². The summed E-state index contributed by atoms with van der Waals surface area (Å²) in [5.74, 6) is -0.785. The van der Waals surface area contributed by atoms with Gasteiger partial charge in [-0.25, -0.2) is 0 Å². The van der Waals surface area contributed by atoms with Gasteiger partial charge in [-0.3, -0.25) is 14.4 Å². The number of epoxide rings is 1. The molecule has 10 nitrogen and oxygen atoms in total. The summed E-state index contributed by atoms with van der Waals surface area (Å²) in [7, 11) is -2.14. The zero-order valence-electron chi connectivity index (χ0n) is 28.9. The Balaban J connectivity index is 1.63. The van der Waals surface area contributed by atoms with Gasteiger partial charge in [-0.2, -0.15) is 0 Å². The van der Waals surface area contributed by atoms with Crippen LogP contribution in [-0.4, -0.2) is 81.0 Å². The van der Waals surface area contributed by atoms with Gasteiger partial charge in [0.25, 0.3) is 0 Å². The van der Waals surface area contributed by atoms with Crippen molar-refractivity contribution in [2.24, 2.45) is 11.7 Å². The predicted molar refractivity (Wildman–Crippen MR) is 176 cm³/mol. The minimum Gasteiger partial charge on any atom is -0.459 e. The maximum atomic E-state index is 12.5. The van der Waals surface area contributed by atoms with Crippen molar-refractivity contribution in [3.8, 4) is 0 Å². The van der Waals surface area contributed by atoms with E-state index in [1.807, 2.05) is 13.0 Å². The van der Waals surface area contributed by atoms with Gasteiger partial charge >= 0.3 is 5.97 Å². The van der Waals surface area contributed by atoms with Crippen LogP contribution in [0.25, 0.3) is 0 Å². The largest absolute Gasteiger partial charge is 0.459 e. The van der Waals surface area contributed by atoms with E-state index in [1.54, 1.807) is 13.0 Å². The van der Waals surface area contributed by atoms with Crippen LogP contribution in [0.5, 0.6) is 0 Å². The highest BCUT2D eigenvalue weighted by Crippen LogP contribution is 2.48. The van der Waals surface area contributed by atoms with Gasteiger partial charge in [0.1, 0.15) is 23.9 Å². The van der Waals surface area contributed by atoms with Crippen LogP contribution < -0.4 is 11.1 Å². The average molecular weight is 649 g/mol. The van der Waals surface area contributed by atoms with E-state index in [4.69, 9.17) is 29.1 Å². The predicted octanol–water partition coefficient (Wildman–Crippen LogP) is 4.88. The molecule has 3 N–H and O–H groups in total. The van der Waals surface area contributed by atoms with Crippen molar-refractivity contribution in [1.82, 2.24) is 5.32 Å². The van der Waals surface area contributed by atoms with Crippen molar-refractivity contribution in [2.45, 2.75) is 147 Å². The summed E-state index contributed by atoms with van der Waals surface area (Å²) in [6.07, 6.45) is 9.92. The van der Waals surface area contributed by atoms with Crippen molar-refractivity contribution < 1.29 is 37.8 Å². The van der Waals surface area contributed by atoms with E-state index in [9.17, 15) is 14.4 Å². The first-order valence-electron chi connectivity index (χ1n) is 16.2. The molecule has 2 amide bonds. The van der Waals surface area contributed by atoms with Gasteiger partial charge in [-0.1, -0.05) is 51.5 Å². The van der Waals surface area contributed by atoms with Crippen molar-refractivity contribution in [2.75, 3.05) is 6.61 Å². The molecule has 0 radical (unpaired) electrons. The number of nitrogens with one attached hydrogen (secondary N) is 1. The normalized spacial score (nSPS) is 33.4. The van der Waals surface area contributed by atoms with Crippen molar-refractivity contribution in [3.63, 3.8) is 0 Å². The number of allylic oxidation sites excluding steroid dienone is 2. The average Bonchev–Trinajstić information content (AvgIpc) is 3.67. The molecule has 45 heavy (non-hydrogen) atoms. The molecule has 3 saturated heterocycles. The molecule has 0 saturated carbocycles. The van der Waals surface area contributed by atoms with E-state index in [1.165, 1.54) is 13.0 Å². The van der Waals surface area contributed by atoms with Crippen molar-refractivity contribution in [1.29, 1.82) is 0 Å². The number of rotatable bonds is 12. The number of carbonyl (C=O) groups excluding carboxylic acids is 3. The first-order chi connectivity index (χ1) is 20.8. The third-order valence-corrected chi connectivity index (χ3v) is 14.0. The lowest BCUT2D eigenvalue weighted by molar-refractivity contribution is -0.143. The van der Waals surface area contributed by atoms with E-state index in [-0.39, 0.29) is 65.8 Å². The summed E-state index contributed by atoms with van der Waals surface area (Å²) in [4.78, 5) is 35.3. The summed E-state index contributed by atoms with van der Waals surface area (Å²) in [5.41, 5.74) is 6.15. The van der Waals surface area contributed by atoms with Crippen LogP contribution in [0.15, 0.2) is 36.0 Å². The molecule has 3 heterocycles. The molecular formula is C34H56N2O8Si. The molecule has 0 aromatic carbocycles. The van der Waals surface area contributed by atoms with E-state index in [2.05, 4.69) is 65.2 Å². The minimum atomic E-state index is -2.14. The molecule has 0 aliphatic carbocycles. The van der Waals surface area contributed by atoms with Gasteiger partial charge in [0.15, 0.2) is 8.32 Å². The van der Waals surface area contributed by atoms with Gasteiger partial charge in [0, 0.05) is 19.4 Å². The Bertz CT molecular complexity index is 1160. The molecule has 0 aromatic heterocycles. The summed E-state index contributed by atoms with van der Waals surface area (Å²) in [6.45, 7) is 20.9. The van der Waals surface area contributed by atoms with Gasteiger partial charge < -0.3 is 34.4 Å². The van der Waals surface area contributed by atoms with Crippen molar-refractivity contribution in [3.05, 3.63) is 36.0 Å². The molecule has 3 aliphatic rings. The van der Waals surface area contributed by atoms with E-state index >= 15 is 0 Å². The molecule has 9 atom stereocenters. The molecule has 3 fully saturated rings. The zero-order chi connectivity index (χ0) is 33.7. The smallest absolute Gasteiger partial charge is 0.303 e. The second-order valence-electron chi connectivity index (χ2n) is 14.7. The monoisotopic (exact) mass is 648 g/mol. The molecule has 0 aromatic rings. The van der Waals surface area contributed by atoms with Crippen LogP contribution in [-0.2, 0) is 37.8 Å². The molecule has 0 unspecified atom stereocenters. The second kappa shape index (κ2) is 15.1. The van der Waals surface area contributed by atoms with Crippen LogP contribution >= 0.6 is 0 Å². The number of hydrogen-bond donors (Lipinski definition) is 2. The topological polar surface area (TPSA) is 139 Å². The highest BCUT2D eigenvalue weighted by atomic mass is 28.4. The van der Waals surface area contributed by atoms with Crippen molar-refractivity contribution >= 4 is 26.1 Å². The van der Waals surface area contributed by atoms with Crippen LogP contribution in [0.2, 0.25) is 18.1 Å². The Labute approximate surface area is 270 Å². The number of amides is 2. The lowest BCUT2D eigenvalue weighted by atomic mass is 9.87. The number of hydrogen-bond acceptors (Lipinski definition) is 8. The fraction of sp³-hybridized carbons (Fsp3) is 0.735. The summed E-state index contributed by atoms with van der Waals surface area (Å²) >= 11 is 0. The SMILES string of the molecule is CC(=O)O[C@@H](C)C=CC(=O)N[C@@H]1C[C@H](C)[C@H](CC=C(C)C=C[C@H]2O[C@H](CC(N)=O)C[C@@]3(CO3)[C@@H]2O[Si](C)(C)C(C)(C)C)O[C@@H]1C. The van der Waals surface area contributed by atoms with Crippen LogP contribution in [0.3, 0.4) is 0 Å². The Morgan fingerprint density at radius 1 is 1.13 bits per heavy atom. The van der Waals surface area contributed by atoms with Crippen LogP contribution in [0.1, 0.15) is 81.1 Å². The number of ether oxygens (including phenoxy) is 4. The number of carbonyl (C=O) groups is 3. The standard InChI is InChI=1S/C34H56N2O8Si/c1-21(11-14-28-22(2)17-27(24(4)42-28)36-31(39)16-13-23(3)41-25(5)37)12-15-29-32(44-45(9,10)33(6,7)8)34(20-40-34)19-26(43-29)18-30(35)38/h11-13,15-16,22-24,26-29,32H,14,17-20H2,1-10H3,(H2,35,38)(H,36,39)/t22-,23-,24+,26+,27+,28-,29+,32+,34+/m0/s1. The lowest BCUT2D eigenvalue weighted by Gasteiger charge is -2.46. The third-order valence-electron chi connectivity index (χ3n) is 9.55. The maximum Gasteiger partial charge on any atom is 0.303 e. The van der Waals surface area contributed by atoms with Gasteiger partial charge in [0.05, 0.1) is 37.4 Å². The summed E-state index contributed by atoms with van der Waals surface area (Å²) < 4.78 is 30.7. The minimum absolute atomic E-state index is 0.0136. The first kappa shape index (κ1) is 37.1. The van der Waals surface area contributed by atoms with E-state index < -0.39 is 26.0 Å². The summed E-state index contributed by atoms with van der Waals surface area (Å²) in [5, 5.41) is 3.05. The molecule has 11 heteroatoms. The fourth-order valence-corrected chi connectivity index (χ4v) is 7.10. The highest BCUT2D eigenvalue weighted by molar-refractivity contribution is 6.74. The van der Waals surface area contributed by atoms with Crippen LogP contribution in [0.4, 0.5) is 0 Å². The molecule has 0 bridgehead atoms. The number of esters is 1. The quantitative estimate of drug-likeness (QED) is 0.100. The Morgan fingerprint density at radius 2 is 1.80 bits per heavy atom. The third kappa shape index (κ3) is 10.6. The molecule has 254 valence electrons. The van der Waals surface area contributed by atoms with Gasteiger partial charge in [-0.15, -0.1) is 0 Å². The first-order valence-corrected chi connectivity index (χ1v) is 19.1. The number of nitrogens with two attached hydrogens (primary N) is 1. The highest BCUT2D eigenvalue weighted by Gasteiger charge is 2.61. The van der Waals surface area contributed by atoms with Crippen LogP contribution in [0, 0.1) is 5.92 Å².